The van der Waals surface area contributed by atoms with Crippen molar-refractivity contribution in [2.75, 3.05) is 19.6 Å². The van der Waals surface area contributed by atoms with E-state index in [1.807, 2.05) is 31.2 Å². The quantitative estimate of drug-likeness (QED) is 0.690. The zero-order valence-corrected chi connectivity index (χ0v) is 11.4. The second-order valence-corrected chi connectivity index (χ2v) is 5.30. The number of nitrogens with one attached hydrogen (secondary N) is 2. The van der Waals surface area contributed by atoms with E-state index in [4.69, 9.17) is 0 Å². The van der Waals surface area contributed by atoms with Crippen LogP contribution in [-0.2, 0) is 4.79 Å². The van der Waals surface area contributed by atoms with Crippen LogP contribution in [-0.4, -0.2) is 30.6 Å². The van der Waals surface area contributed by atoms with Crippen LogP contribution in [0.1, 0.15) is 30.1 Å². The molecule has 0 aromatic heterocycles. The number of benzene rings is 1. The molecular formula is C15H22N2O2. The largest absolute Gasteiger partial charge is 0.387 e. The van der Waals surface area contributed by atoms with Gasteiger partial charge in [0.25, 0.3) is 0 Å². The summed E-state index contributed by atoms with van der Waals surface area (Å²) >= 11 is 0. The standard InChI is InChI=1S/C15H22N2O2/c1-11-2-6-13(7-3-11)14(18)9-17-15(19)10-16-8-12-4-5-12/h2-3,6-7,12,14,16,18H,4-5,8-10H2,1H3,(H,17,19). The Morgan fingerprint density at radius 1 is 1.37 bits per heavy atom. The molecule has 1 aliphatic rings. The van der Waals surface area contributed by atoms with Crippen molar-refractivity contribution >= 4 is 5.91 Å². The maximum absolute atomic E-state index is 11.6. The average molecular weight is 262 g/mol. The molecule has 0 bridgehead atoms. The minimum atomic E-state index is -0.645. The molecule has 19 heavy (non-hydrogen) atoms. The molecule has 0 aliphatic heterocycles. The molecule has 104 valence electrons. The fraction of sp³-hybridized carbons (Fsp3) is 0.533. The molecule has 0 saturated heterocycles. The first-order valence-electron chi connectivity index (χ1n) is 6.87. The van der Waals surface area contributed by atoms with E-state index >= 15 is 0 Å². The third-order valence-corrected chi connectivity index (χ3v) is 3.37. The molecule has 1 aromatic rings. The lowest BCUT2D eigenvalue weighted by Crippen LogP contribution is -2.36. The number of aliphatic hydroxyl groups excluding tert-OH is 1. The third-order valence-electron chi connectivity index (χ3n) is 3.37. The smallest absolute Gasteiger partial charge is 0.234 e. The van der Waals surface area contributed by atoms with E-state index in [1.165, 1.54) is 12.8 Å². The van der Waals surface area contributed by atoms with Crippen molar-refractivity contribution < 1.29 is 9.90 Å². The Hall–Kier alpha value is -1.39. The van der Waals surface area contributed by atoms with Crippen molar-refractivity contribution in [3.05, 3.63) is 35.4 Å². The van der Waals surface area contributed by atoms with Gasteiger partial charge in [0.1, 0.15) is 0 Å². The summed E-state index contributed by atoms with van der Waals surface area (Å²) in [6.45, 7) is 3.52. The summed E-state index contributed by atoms with van der Waals surface area (Å²) in [5.74, 6) is 0.706. The normalized spacial score (nSPS) is 16.1. The van der Waals surface area contributed by atoms with E-state index in [0.717, 1.165) is 23.6 Å². The Balaban J connectivity index is 1.65. The lowest BCUT2D eigenvalue weighted by Gasteiger charge is -2.12. The Bertz CT molecular complexity index is 413. The van der Waals surface area contributed by atoms with Crippen LogP contribution < -0.4 is 10.6 Å². The first-order chi connectivity index (χ1) is 9.15. The molecule has 1 aromatic carbocycles. The highest BCUT2D eigenvalue weighted by Gasteiger charge is 2.20. The second kappa shape index (κ2) is 6.68. The topological polar surface area (TPSA) is 61.4 Å². The van der Waals surface area contributed by atoms with Gasteiger partial charge in [-0.05, 0) is 37.8 Å². The Labute approximate surface area is 114 Å². The number of rotatable bonds is 7. The van der Waals surface area contributed by atoms with Crippen molar-refractivity contribution in [1.29, 1.82) is 0 Å². The van der Waals surface area contributed by atoms with E-state index in [1.54, 1.807) is 0 Å². The molecule has 1 unspecified atom stereocenters. The van der Waals surface area contributed by atoms with E-state index < -0.39 is 6.10 Å². The average Bonchev–Trinajstić information content (AvgIpc) is 3.21. The summed E-state index contributed by atoms with van der Waals surface area (Å²) in [6, 6.07) is 7.68. The summed E-state index contributed by atoms with van der Waals surface area (Å²) < 4.78 is 0. The Morgan fingerprint density at radius 2 is 2.05 bits per heavy atom. The Morgan fingerprint density at radius 3 is 2.68 bits per heavy atom. The number of carbonyl (C=O) groups is 1. The van der Waals surface area contributed by atoms with Gasteiger partial charge in [0.15, 0.2) is 0 Å². The van der Waals surface area contributed by atoms with Gasteiger partial charge in [0.2, 0.25) is 5.91 Å². The molecule has 3 N–H and O–H groups in total. The molecular weight excluding hydrogens is 240 g/mol. The molecule has 1 fully saturated rings. The van der Waals surface area contributed by atoms with Crippen LogP contribution in [0.2, 0.25) is 0 Å². The number of hydrogen-bond acceptors (Lipinski definition) is 3. The molecule has 2 rings (SSSR count). The van der Waals surface area contributed by atoms with Gasteiger partial charge in [-0.15, -0.1) is 0 Å². The van der Waals surface area contributed by atoms with Crippen LogP contribution in [0, 0.1) is 12.8 Å². The van der Waals surface area contributed by atoms with Crippen LogP contribution in [0.5, 0.6) is 0 Å². The molecule has 1 atom stereocenters. The van der Waals surface area contributed by atoms with Crippen molar-refractivity contribution in [3.63, 3.8) is 0 Å². The highest BCUT2D eigenvalue weighted by atomic mass is 16.3. The van der Waals surface area contributed by atoms with Gasteiger partial charge in [-0.2, -0.15) is 0 Å². The van der Waals surface area contributed by atoms with Crippen LogP contribution in [0.25, 0.3) is 0 Å². The fourth-order valence-electron chi connectivity index (χ4n) is 1.89. The lowest BCUT2D eigenvalue weighted by molar-refractivity contribution is -0.120. The van der Waals surface area contributed by atoms with E-state index in [2.05, 4.69) is 10.6 Å². The molecule has 1 aliphatic carbocycles. The summed E-state index contributed by atoms with van der Waals surface area (Å²) in [6.07, 6.45) is 1.91. The molecule has 0 radical (unpaired) electrons. The van der Waals surface area contributed by atoms with E-state index in [0.29, 0.717) is 6.54 Å². The summed E-state index contributed by atoms with van der Waals surface area (Å²) in [5.41, 5.74) is 1.99. The van der Waals surface area contributed by atoms with Crippen molar-refractivity contribution in [3.8, 4) is 0 Å². The van der Waals surface area contributed by atoms with E-state index in [9.17, 15) is 9.90 Å². The van der Waals surface area contributed by atoms with Crippen molar-refractivity contribution in [2.24, 2.45) is 5.92 Å². The number of aryl methyl sites for hydroxylation is 1. The van der Waals surface area contributed by atoms with Gasteiger partial charge < -0.3 is 15.7 Å². The summed E-state index contributed by atoms with van der Waals surface area (Å²) in [5, 5.41) is 15.8. The predicted molar refractivity (Wildman–Crippen MR) is 74.7 cm³/mol. The minimum absolute atomic E-state index is 0.0631. The number of aliphatic hydroxyl groups is 1. The van der Waals surface area contributed by atoms with Crippen LogP contribution >= 0.6 is 0 Å². The van der Waals surface area contributed by atoms with E-state index in [-0.39, 0.29) is 12.5 Å². The highest BCUT2D eigenvalue weighted by Crippen LogP contribution is 2.27. The molecule has 4 heteroatoms. The summed E-state index contributed by atoms with van der Waals surface area (Å²) in [4.78, 5) is 11.6. The monoisotopic (exact) mass is 262 g/mol. The molecule has 1 saturated carbocycles. The maximum atomic E-state index is 11.6. The number of amides is 1. The molecule has 1 amide bonds. The van der Waals surface area contributed by atoms with Crippen molar-refractivity contribution in [1.82, 2.24) is 10.6 Å². The van der Waals surface area contributed by atoms with Gasteiger partial charge in [-0.25, -0.2) is 0 Å². The lowest BCUT2D eigenvalue weighted by atomic mass is 10.1. The van der Waals surface area contributed by atoms with Crippen LogP contribution in [0.15, 0.2) is 24.3 Å². The predicted octanol–water partition coefficient (Wildman–Crippen LogP) is 1.14. The molecule has 0 spiro atoms. The van der Waals surface area contributed by atoms with Gasteiger partial charge >= 0.3 is 0 Å². The van der Waals surface area contributed by atoms with Crippen molar-refractivity contribution in [2.45, 2.75) is 25.9 Å². The molecule has 0 heterocycles. The maximum Gasteiger partial charge on any atom is 0.234 e. The summed E-state index contributed by atoms with van der Waals surface area (Å²) in [7, 11) is 0. The first kappa shape index (κ1) is 14.0. The third kappa shape index (κ3) is 5.01. The van der Waals surface area contributed by atoms with Crippen LogP contribution in [0.3, 0.4) is 0 Å². The Kier molecular flexibility index (Phi) is 4.93. The van der Waals surface area contributed by atoms with Gasteiger partial charge in [0.05, 0.1) is 12.6 Å². The van der Waals surface area contributed by atoms with Crippen LogP contribution in [0.4, 0.5) is 0 Å². The number of hydrogen-bond donors (Lipinski definition) is 3. The molecule has 4 nitrogen and oxygen atoms in total. The van der Waals surface area contributed by atoms with Gasteiger partial charge in [-0.1, -0.05) is 29.8 Å². The minimum Gasteiger partial charge on any atom is -0.387 e. The zero-order chi connectivity index (χ0) is 13.7. The zero-order valence-electron chi connectivity index (χ0n) is 11.4. The van der Waals surface area contributed by atoms with Gasteiger partial charge in [-0.3, -0.25) is 4.79 Å². The number of carbonyl (C=O) groups excluding carboxylic acids is 1. The fourth-order valence-corrected chi connectivity index (χ4v) is 1.89. The highest BCUT2D eigenvalue weighted by molar-refractivity contribution is 5.78. The van der Waals surface area contributed by atoms with Gasteiger partial charge in [0, 0.05) is 6.54 Å². The first-order valence-corrected chi connectivity index (χ1v) is 6.87. The SMILES string of the molecule is Cc1ccc(C(O)CNC(=O)CNCC2CC2)cc1. The second-order valence-electron chi connectivity index (χ2n) is 5.30.